The first-order chi connectivity index (χ1) is 17.9. The third-order valence-corrected chi connectivity index (χ3v) is 7.86. The van der Waals surface area contributed by atoms with Crippen molar-refractivity contribution >= 4 is 67.7 Å². The Kier molecular flexibility index (Phi) is 8.22. The Bertz CT molecular complexity index is 1630. The minimum absolute atomic E-state index is 0.202. The van der Waals surface area contributed by atoms with Crippen LogP contribution in [-0.4, -0.2) is 25.9 Å². The van der Waals surface area contributed by atoms with Gasteiger partial charge in [0.05, 0.1) is 0 Å². The number of rotatable bonds is 7. The van der Waals surface area contributed by atoms with Gasteiger partial charge in [-0.15, -0.1) is 0 Å². The van der Waals surface area contributed by atoms with Gasteiger partial charge in [0, 0.05) is 10.0 Å². The smallest absolute Gasteiger partial charge is 0.282 e. The van der Waals surface area contributed by atoms with E-state index in [2.05, 4.69) is 0 Å². The minimum atomic E-state index is -4.42. The van der Waals surface area contributed by atoms with Gasteiger partial charge in [0.2, 0.25) is 0 Å². The van der Waals surface area contributed by atoms with Crippen molar-refractivity contribution in [3.05, 3.63) is 117 Å². The normalized spacial score (nSPS) is 12.4. The number of hydrogen-bond acceptors (Lipinski definition) is 4. The van der Waals surface area contributed by atoms with Gasteiger partial charge in [0.25, 0.3) is 20.2 Å². The zero-order valence-corrected chi connectivity index (χ0v) is 22.6. The van der Waals surface area contributed by atoms with Crippen molar-refractivity contribution in [2.45, 2.75) is 9.79 Å². The Balaban J connectivity index is 1.50. The van der Waals surface area contributed by atoms with Crippen molar-refractivity contribution in [3.63, 3.8) is 0 Å². The largest absolute Gasteiger partial charge is 0.295 e. The van der Waals surface area contributed by atoms with Crippen LogP contribution >= 0.6 is 23.2 Å². The molecular weight excluding hydrogens is 567 g/mol. The van der Waals surface area contributed by atoms with Crippen LogP contribution in [0.1, 0.15) is 22.3 Å². The van der Waals surface area contributed by atoms with Crippen molar-refractivity contribution < 1.29 is 25.9 Å². The van der Waals surface area contributed by atoms with Crippen LogP contribution in [0.25, 0.3) is 35.4 Å². The van der Waals surface area contributed by atoms with Crippen LogP contribution in [0.15, 0.2) is 94.7 Å². The highest BCUT2D eigenvalue weighted by molar-refractivity contribution is 7.86. The molecule has 0 spiro atoms. The fourth-order valence-corrected chi connectivity index (χ4v) is 5.58. The Hall–Kier alpha value is -3.24. The second-order valence-corrected chi connectivity index (χ2v) is 11.9. The summed E-state index contributed by atoms with van der Waals surface area (Å²) in [4.78, 5) is -0.533. The maximum atomic E-state index is 11.6. The fourth-order valence-electron chi connectivity index (χ4n) is 3.68. The van der Waals surface area contributed by atoms with E-state index in [4.69, 9.17) is 23.2 Å². The van der Waals surface area contributed by atoms with Gasteiger partial charge in [-0.25, -0.2) is 0 Å². The van der Waals surface area contributed by atoms with E-state index in [1.54, 1.807) is 36.4 Å². The van der Waals surface area contributed by atoms with E-state index in [9.17, 15) is 25.9 Å². The topological polar surface area (TPSA) is 109 Å². The average Bonchev–Trinajstić information content (AvgIpc) is 2.87. The van der Waals surface area contributed by atoms with Crippen molar-refractivity contribution in [2.24, 2.45) is 0 Å². The highest BCUT2D eigenvalue weighted by Crippen LogP contribution is 2.26. The van der Waals surface area contributed by atoms with Crippen LogP contribution in [0.2, 0.25) is 10.0 Å². The third kappa shape index (κ3) is 6.99. The molecule has 0 bridgehead atoms. The molecule has 0 aromatic heterocycles. The molecule has 0 saturated carbocycles. The summed E-state index contributed by atoms with van der Waals surface area (Å²) in [7, 11) is -8.84. The third-order valence-electron chi connectivity index (χ3n) is 5.57. The highest BCUT2D eigenvalue weighted by Gasteiger charge is 2.15. The number of hydrogen-bond donors (Lipinski definition) is 2. The summed E-state index contributed by atoms with van der Waals surface area (Å²) in [6.45, 7) is 0. The van der Waals surface area contributed by atoms with Crippen LogP contribution in [0.5, 0.6) is 0 Å². The number of halogens is 2. The summed E-state index contributed by atoms with van der Waals surface area (Å²) >= 11 is 11.7. The molecule has 2 N–H and O–H groups in total. The lowest BCUT2D eigenvalue weighted by Crippen LogP contribution is -2.00. The molecule has 4 aromatic carbocycles. The Labute approximate surface area is 231 Å². The van der Waals surface area contributed by atoms with Crippen molar-refractivity contribution in [1.29, 1.82) is 0 Å². The highest BCUT2D eigenvalue weighted by atomic mass is 35.5. The molecule has 0 aliphatic heterocycles. The fraction of sp³-hybridized carbons (Fsp3) is 0. The summed E-state index contributed by atoms with van der Waals surface area (Å²) < 4.78 is 65.5. The summed E-state index contributed by atoms with van der Waals surface area (Å²) in [6.07, 6.45) is 6.63. The molecule has 10 heteroatoms. The molecule has 0 fully saturated rings. The van der Waals surface area contributed by atoms with Gasteiger partial charge in [-0.05, 0) is 57.6 Å². The molecule has 0 aliphatic rings. The maximum Gasteiger partial charge on any atom is 0.295 e. The summed E-state index contributed by atoms with van der Waals surface area (Å²) in [5.41, 5.74) is 4.17. The van der Waals surface area contributed by atoms with Crippen molar-refractivity contribution in [3.8, 4) is 11.1 Å². The molecule has 4 aromatic rings. The predicted octanol–water partition coefficient (Wildman–Crippen LogP) is 7.49. The molecular formula is C28H20Cl2O6S2. The molecule has 0 aliphatic carbocycles. The Morgan fingerprint density at radius 3 is 1.16 bits per heavy atom. The zero-order valence-electron chi connectivity index (χ0n) is 19.5. The quantitative estimate of drug-likeness (QED) is 0.171. The van der Waals surface area contributed by atoms with Crippen LogP contribution in [0.4, 0.5) is 0 Å². The van der Waals surface area contributed by atoms with E-state index in [0.717, 1.165) is 22.3 Å². The van der Waals surface area contributed by atoms with Crippen LogP contribution in [0.3, 0.4) is 0 Å². The Morgan fingerprint density at radius 1 is 0.500 bits per heavy atom. The molecule has 0 amide bonds. The monoisotopic (exact) mass is 586 g/mol. The van der Waals surface area contributed by atoms with Crippen LogP contribution in [-0.2, 0) is 20.2 Å². The van der Waals surface area contributed by atoms with E-state index >= 15 is 0 Å². The molecule has 0 radical (unpaired) electrons. The van der Waals surface area contributed by atoms with E-state index in [1.807, 2.05) is 48.5 Å². The van der Waals surface area contributed by atoms with Gasteiger partial charge < -0.3 is 0 Å². The van der Waals surface area contributed by atoms with Gasteiger partial charge in [0.1, 0.15) is 9.79 Å². The van der Waals surface area contributed by atoms with E-state index in [1.165, 1.54) is 24.3 Å². The molecule has 0 unspecified atom stereocenters. The maximum absolute atomic E-state index is 11.6. The standard InChI is InChI=1S/C28H20Cl2O6S2/c29-25-15-13-23(27(17-25)37(31,32)33)11-5-19-1-7-21(8-2-19)22-9-3-20(4-10-22)6-12-24-14-16-26(30)18-28(24)38(34,35)36/h1-18H,(H,31,32,33)(H,34,35,36)/b11-5+,12-6+. The molecule has 194 valence electrons. The molecule has 0 saturated heterocycles. The zero-order chi connectivity index (χ0) is 27.5. The second kappa shape index (κ2) is 11.2. The van der Waals surface area contributed by atoms with Crippen molar-refractivity contribution in [2.75, 3.05) is 0 Å². The van der Waals surface area contributed by atoms with E-state index in [-0.39, 0.29) is 19.8 Å². The van der Waals surface area contributed by atoms with Gasteiger partial charge >= 0.3 is 0 Å². The number of benzene rings is 4. The second-order valence-electron chi connectivity index (χ2n) is 8.23. The molecule has 38 heavy (non-hydrogen) atoms. The lowest BCUT2D eigenvalue weighted by molar-refractivity contribution is 0.480. The Morgan fingerprint density at radius 2 is 0.842 bits per heavy atom. The first kappa shape index (κ1) is 27.8. The first-order valence-corrected chi connectivity index (χ1v) is 14.6. The van der Waals surface area contributed by atoms with E-state index < -0.39 is 20.2 Å². The van der Waals surface area contributed by atoms with Crippen LogP contribution < -0.4 is 0 Å². The molecule has 0 atom stereocenters. The van der Waals surface area contributed by atoms with E-state index in [0.29, 0.717) is 11.1 Å². The average molecular weight is 588 g/mol. The minimum Gasteiger partial charge on any atom is -0.282 e. The summed E-state index contributed by atoms with van der Waals surface area (Å²) in [5, 5.41) is 0.405. The first-order valence-electron chi connectivity index (χ1n) is 11.0. The SMILES string of the molecule is O=S(=O)(O)c1cc(Cl)ccc1/C=C/c1ccc(-c2ccc(/C=C/c3ccc(Cl)cc3S(=O)(=O)O)cc2)cc1. The van der Waals surface area contributed by atoms with Crippen LogP contribution in [0, 0.1) is 0 Å². The van der Waals surface area contributed by atoms with Gasteiger partial charge in [0.15, 0.2) is 0 Å². The molecule has 6 nitrogen and oxygen atoms in total. The van der Waals surface area contributed by atoms with Gasteiger partial charge in [-0.1, -0.05) is 108 Å². The van der Waals surface area contributed by atoms with Gasteiger partial charge in [-0.3, -0.25) is 9.11 Å². The summed E-state index contributed by atoms with van der Waals surface area (Å²) in [5.74, 6) is 0. The van der Waals surface area contributed by atoms with Crippen molar-refractivity contribution in [1.82, 2.24) is 0 Å². The molecule has 0 heterocycles. The predicted molar refractivity (Wildman–Crippen MR) is 152 cm³/mol. The lowest BCUT2D eigenvalue weighted by Gasteiger charge is -2.05. The van der Waals surface area contributed by atoms with Gasteiger partial charge in [-0.2, -0.15) is 16.8 Å². The molecule has 4 rings (SSSR count). The lowest BCUT2D eigenvalue weighted by atomic mass is 10.0. The summed E-state index contributed by atoms with van der Waals surface area (Å²) in [6, 6.07) is 23.7.